The van der Waals surface area contributed by atoms with Crippen LogP contribution in [0.1, 0.15) is 65.2 Å². The number of likely N-dealkylation sites (N-methyl/N-ethyl adjacent to an activating group) is 1. The van der Waals surface area contributed by atoms with Gasteiger partial charge < -0.3 is 5.73 Å². The molecule has 0 aliphatic heterocycles. The second kappa shape index (κ2) is 8.08. The maximum Gasteiger partial charge on any atom is 0.0221 e. The van der Waals surface area contributed by atoms with Crippen molar-refractivity contribution < 1.29 is 0 Å². The molecule has 0 heterocycles. The Morgan fingerprint density at radius 2 is 1.81 bits per heavy atom. The Morgan fingerprint density at radius 3 is 2.31 bits per heavy atom. The van der Waals surface area contributed by atoms with Crippen LogP contribution >= 0.6 is 0 Å². The lowest BCUT2D eigenvalue weighted by Gasteiger charge is -2.29. The third kappa shape index (κ3) is 4.84. The predicted molar refractivity (Wildman–Crippen MR) is 71.6 cm³/mol. The van der Waals surface area contributed by atoms with Crippen LogP contribution in [0.15, 0.2) is 0 Å². The second-order valence-corrected chi connectivity index (χ2v) is 5.15. The Morgan fingerprint density at radius 1 is 1.12 bits per heavy atom. The molecular formula is C14H30N2. The fourth-order valence-corrected chi connectivity index (χ4v) is 2.62. The Hall–Kier alpha value is -0.0800. The summed E-state index contributed by atoms with van der Waals surface area (Å²) >= 11 is 0. The minimum Gasteiger partial charge on any atom is -0.329 e. The van der Waals surface area contributed by atoms with Gasteiger partial charge in [0.05, 0.1) is 0 Å². The molecule has 0 aromatic heterocycles. The van der Waals surface area contributed by atoms with Crippen LogP contribution in [0.4, 0.5) is 0 Å². The topological polar surface area (TPSA) is 29.3 Å². The van der Waals surface area contributed by atoms with Crippen molar-refractivity contribution in [2.75, 3.05) is 13.1 Å². The van der Waals surface area contributed by atoms with E-state index < -0.39 is 0 Å². The van der Waals surface area contributed by atoms with Gasteiger partial charge in [-0.15, -0.1) is 0 Å². The van der Waals surface area contributed by atoms with Gasteiger partial charge in [0.2, 0.25) is 0 Å². The zero-order chi connectivity index (χ0) is 11.8. The van der Waals surface area contributed by atoms with Gasteiger partial charge in [-0.2, -0.15) is 0 Å². The lowest BCUT2D eigenvalue weighted by molar-refractivity contribution is 0.187. The Bertz CT molecular complexity index is 166. The van der Waals surface area contributed by atoms with Gasteiger partial charge in [-0.1, -0.05) is 46.0 Å². The Labute approximate surface area is 102 Å². The van der Waals surface area contributed by atoms with Crippen LogP contribution in [0.5, 0.6) is 0 Å². The van der Waals surface area contributed by atoms with Gasteiger partial charge in [0.25, 0.3) is 0 Å². The van der Waals surface area contributed by atoms with E-state index in [0.29, 0.717) is 6.04 Å². The molecule has 0 bridgehead atoms. The predicted octanol–water partition coefficient (Wildman–Crippen LogP) is 3.16. The number of unbranched alkanes of at least 4 members (excludes halogenated alkanes) is 4. The summed E-state index contributed by atoms with van der Waals surface area (Å²) < 4.78 is 0. The molecule has 1 rings (SSSR count). The van der Waals surface area contributed by atoms with Crippen LogP contribution in [0, 0.1) is 0 Å². The third-order valence-electron chi connectivity index (χ3n) is 3.76. The summed E-state index contributed by atoms with van der Waals surface area (Å²) in [6.45, 7) is 6.58. The number of hydrogen-bond donors (Lipinski definition) is 1. The van der Waals surface area contributed by atoms with Crippen molar-refractivity contribution in [3.8, 4) is 0 Å². The Balaban J connectivity index is 2.14. The first-order valence-corrected chi connectivity index (χ1v) is 7.29. The second-order valence-electron chi connectivity index (χ2n) is 5.15. The molecule has 1 aliphatic carbocycles. The van der Waals surface area contributed by atoms with E-state index in [2.05, 4.69) is 18.7 Å². The average Bonchev–Trinajstić information content (AvgIpc) is 3.11. The van der Waals surface area contributed by atoms with E-state index in [9.17, 15) is 0 Å². The minimum atomic E-state index is 0.652. The number of rotatable bonds is 10. The standard InChI is InChI=1S/C14H30N2/c1-3-5-6-7-8-9-14(12-15)16(4-2)13-10-11-13/h13-14H,3-12,15H2,1-2H3. The molecule has 1 aliphatic rings. The molecule has 0 radical (unpaired) electrons. The summed E-state index contributed by atoms with van der Waals surface area (Å²) in [4.78, 5) is 2.64. The molecule has 0 aromatic rings. The van der Waals surface area contributed by atoms with Crippen molar-refractivity contribution in [2.24, 2.45) is 5.73 Å². The van der Waals surface area contributed by atoms with Crippen molar-refractivity contribution in [3.63, 3.8) is 0 Å². The fourth-order valence-electron chi connectivity index (χ4n) is 2.62. The van der Waals surface area contributed by atoms with E-state index in [1.54, 1.807) is 0 Å². The summed E-state index contributed by atoms with van der Waals surface area (Å²) in [5, 5.41) is 0. The molecule has 0 aromatic carbocycles. The molecule has 0 spiro atoms. The lowest BCUT2D eigenvalue weighted by Crippen LogP contribution is -2.41. The van der Waals surface area contributed by atoms with E-state index in [1.807, 2.05) is 0 Å². The first kappa shape index (κ1) is 14.0. The fraction of sp³-hybridized carbons (Fsp3) is 1.00. The van der Waals surface area contributed by atoms with Gasteiger partial charge in [-0.25, -0.2) is 0 Å². The van der Waals surface area contributed by atoms with Gasteiger partial charge in [0.15, 0.2) is 0 Å². The van der Waals surface area contributed by atoms with E-state index in [0.717, 1.165) is 12.6 Å². The van der Waals surface area contributed by atoms with Crippen molar-refractivity contribution in [1.82, 2.24) is 4.90 Å². The van der Waals surface area contributed by atoms with Gasteiger partial charge in [0, 0.05) is 18.6 Å². The highest BCUT2D eigenvalue weighted by Crippen LogP contribution is 2.29. The number of nitrogens with zero attached hydrogens (tertiary/aromatic N) is 1. The minimum absolute atomic E-state index is 0.652. The maximum absolute atomic E-state index is 5.91. The Kier molecular flexibility index (Phi) is 7.06. The molecule has 96 valence electrons. The highest BCUT2D eigenvalue weighted by Gasteiger charge is 2.31. The van der Waals surface area contributed by atoms with Crippen LogP contribution in [-0.2, 0) is 0 Å². The molecule has 1 saturated carbocycles. The van der Waals surface area contributed by atoms with Gasteiger partial charge in [-0.3, -0.25) is 4.90 Å². The van der Waals surface area contributed by atoms with E-state index in [4.69, 9.17) is 5.73 Å². The molecule has 1 fully saturated rings. The summed E-state index contributed by atoms with van der Waals surface area (Å²) in [5.41, 5.74) is 5.91. The van der Waals surface area contributed by atoms with Gasteiger partial charge in [0.1, 0.15) is 0 Å². The highest BCUT2D eigenvalue weighted by molar-refractivity contribution is 4.88. The molecule has 2 N–H and O–H groups in total. The van der Waals surface area contributed by atoms with E-state index >= 15 is 0 Å². The quantitative estimate of drug-likeness (QED) is 0.580. The van der Waals surface area contributed by atoms with Crippen molar-refractivity contribution in [1.29, 1.82) is 0 Å². The zero-order valence-electron chi connectivity index (χ0n) is 11.3. The van der Waals surface area contributed by atoms with Crippen molar-refractivity contribution in [3.05, 3.63) is 0 Å². The van der Waals surface area contributed by atoms with Crippen LogP contribution < -0.4 is 5.73 Å². The van der Waals surface area contributed by atoms with Crippen molar-refractivity contribution >= 4 is 0 Å². The molecule has 2 nitrogen and oxygen atoms in total. The number of nitrogens with two attached hydrogens (primary N) is 1. The summed E-state index contributed by atoms with van der Waals surface area (Å²) in [6.07, 6.45) is 11.0. The molecule has 1 atom stereocenters. The zero-order valence-corrected chi connectivity index (χ0v) is 11.3. The summed E-state index contributed by atoms with van der Waals surface area (Å²) in [6, 6.07) is 1.52. The SMILES string of the molecule is CCCCCCCC(CN)N(CC)C1CC1. The van der Waals surface area contributed by atoms with Gasteiger partial charge in [-0.05, 0) is 25.8 Å². The third-order valence-corrected chi connectivity index (χ3v) is 3.76. The molecule has 16 heavy (non-hydrogen) atoms. The molecule has 0 amide bonds. The molecule has 1 unspecified atom stereocenters. The molecule has 2 heteroatoms. The molecule has 0 saturated heterocycles. The van der Waals surface area contributed by atoms with Crippen LogP contribution in [0.3, 0.4) is 0 Å². The monoisotopic (exact) mass is 226 g/mol. The maximum atomic E-state index is 5.91. The van der Waals surface area contributed by atoms with Crippen LogP contribution in [0.25, 0.3) is 0 Å². The van der Waals surface area contributed by atoms with Gasteiger partial charge >= 0.3 is 0 Å². The highest BCUT2D eigenvalue weighted by atomic mass is 15.2. The average molecular weight is 226 g/mol. The summed E-state index contributed by atoms with van der Waals surface area (Å²) in [7, 11) is 0. The first-order valence-electron chi connectivity index (χ1n) is 7.29. The molecular weight excluding hydrogens is 196 g/mol. The largest absolute Gasteiger partial charge is 0.329 e. The normalized spacial score (nSPS) is 18.0. The first-order chi connectivity index (χ1) is 7.83. The van der Waals surface area contributed by atoms with Crippen LogP contribution in [0.2, 0.25) is 0 Å². The summed E-state index contributed by atoms with van der Waals surface area (Å²) in [5.74, 6) is 0. The smallest absolute Gasteiger partial charge is 0.0221 e. The van der Waals surface area contributed by atoms with Crippen molar-refractivity contribution in [2.45, 2.75) is 77.3 Å². The van der Waals surface area contributed by atoms with Crippen LogP contribution in [-0.4, -0.2) is 30.1 Å². The van der Waals surface area contributed by atoms with E-state index in [1.165, 1.54) is 57.9 Å². The lowest BCUT2D eigenvalue weighted by atomic mass is 10.0. The van der Waals surface area contributed by atoms with E-state index in [-0.39, 0.29) is 0 Å². The number of hydrogen-bond acceptors (Lipinski definition) is 2.